The van der Waals surface area contributed by atoms with Crippen LogP contribution in [0.3, 0.4) is 0 Å². The molecule has 1 heteroatoms. The van der Waals surface area contributed by atoms with Crippen LogP contribution in [0, 0.1) is 5.92 Å². The standard InChI is InChI=1S/C11H18O/c1-10(7-8-12)9-11-5-3-2-4-6-11/h5,8,10H,2-4,6-7,9H2,1H3. The molecule has 0 aromatic heterocycles. The summed E-state index contributed by atoms with van der Waals surface area (Å²) in [5.41, 5.74) is 1.58. The van der Waals surface area contributed by atoms with Gasteiger partial charge in [-0.2, -0.15) is 0 Å². The van der Waals surface area contributed by atoms with Crippen LogP contribution in [-0.2, 0) is 4.79 Å². The Kier molecular flexibility index (Phi) is 4.06. The van der Waals surface area contributed by atoms with Gasteiger partial charge in [0, 0.05) is 6.42 Å². The van der Waals surface area contributed by atoms with Gasteiger partial charge in [-0.1, -0.05) is 18.6 Å². The third-order valence-electron chi connectivity index (χ3n) is 2.49. The van der Waals surface area contributed by atoms with Gasteiger partial charge in [-0.25, -0.2) is 0 Å². The van der Waals surface area contributed by atoms with Crippen molar-refractivity contribution < 1.29 is 4.79 Å². The van der Waals surface area contributed by atoms with E-state index >= 15 is 0 Å². The normalized spacial score (nSPS) is 19.9. The van der Waals surface area contributed by atoms with E-state index in [0.717, 1.165) is 19.1 Å². The highest BCUT2D eigenvalue weighted by molar-refractivity contribution is 5.49. The highest BCUT2D eigenvalue weighted by Crippen LogP contribution is 2.24. The first kappa shape index (κ1) is 9.50. The average molecular weight is 166 g/mol. The fourth-order valence-corrected chi connectivity index (χ4v) is 1.79. The van der Waals surface area contributed by atoms with E-state index in [-0.39, 0.29) is 0 Å². The predicted octanol–water partition coefficient (Wildman–Crippen LogP) is 3.10. The molecule has 1 aliphatic rings. The van der Waals surface area contributed by atoms with E-state index in [2.05, 4.69) is 13.0 Å². The molecule has 0 bridgehead atoms. The number of aldehydes is 1. The van der Waals surface area contributed by atoms with Crippen molar-refractivity contribution in [3.63, 3.8) is 0 Å². The maximum Gasteiger partial charge on any atom is 0.120 e. The van der Waals surface area contributed by atoms with Crippen LogP contribution in [-0.4, -0.2) is 6.29 Å². The Labute approximate surface area is 74.9 Å². The van der Waals surface area contributed by atoms with Crippen LogP contribution < -0.4 is 0 Å². The van der Waals surface area contributed by atoms with Crippen LogP contribution in [0.15, 0.2) is 11.6 Å². The quantitative estimate of drug-likeness (QED) is 0.463. The van der Waals surface area contributed by atoms with Gasteiger partial charge in [0.2, 0.25) is 0 Å². The zero-order chi connectivity index (χ0) is 8.81. The van der Waals surface area contributed by atoms with Crippen molar-refractivity contribution in [1.29, 1.82) is 0 Å². The number of rotatable bonds is 4. The van der Waals surface area contributed by atoms with E-state index in [1.807, 2.05) is 0 Å². The molecule has 0 saturated carbocycles. The van der Waals surface area contributed by atoms with E-state index < -0.39 is 0 Å². The minimum absolute atomic E-state index is 0.548. The second kappa shape index (κ2) is 5.13. The molecule has 0 N–H and O–H groups in total. The van der Waals surface area contributed by atoms with E-state index in [9.17, 15) is 4.79 Å². The molecular weight excluding hydrogens is 148 g/mol. The van der Waals surface area contributed by atoms with Gasteiger partial charge in [-0.3, -0.25) is 0 Å². The average Bonchev–Trinajstić information content (AvgIpc) is 2.06. The van der Waals surface area contributed by atoms with Gasteiger partial charge in [0.25, 0.3) is 0 Å². The maximum atomic E-state index is 10.2. The van der Waals surface area contributed by atoms with Gasteiger partial charge in [0.1, 0.15) is 6.29 Å². The molecule has 0 aliphatic heterocycles. The Morgan fingerprint density at radius 3 is 3.00 bits per heavy atom. The molecule has 1 nitrogen and oxygen atoms in total. The largest absolute Gasteiger partial charge is 0.303 e. The zero-order valence-corrected chi connectivity index (χ0v) is 7.88. The number of carbonyl (C=O) groups is 1. The number of hydrogen-bond acceptors (Lipinski definition) is 1. The first-order valence-electron chi connectivity index (χ1n) is 4.94. The highest BCUT2D eigenvalue weighted by atomic mass is 16.1. The fourth-order valence-electron chi connectivity index (χ4n) is 1.79. The lowest BCUT2D eigenvalue weighted by molar-refractivity contribution is -0.108. The molecule has 1 aliphatic carbocycles. The molecule has 0 aromatic rings. The van der Waals surface area contributed by atoms with Gasteiger partial charge >= 0.3 is 0 Å². The van der Waals surface area contributed by atoms with Crippen LogP contribution >= 0.6 is 0 Å². The summed E-state index contributed by atoms with van der Waals surface area (Å²) in [6.07, 6.45) is 10.5. The summed E-state index contributed by atoms with van der Waals surface area (Å²) in [6.45, 7) is 2.16. The van der Waals surface area contributed by atoms with Crippen molar-refractivity contribution in [1.82, 2.24) is 0 Å². The molecular formula is C11H18O. The number of allylic oxidation sites excluding steroid dienone is 2. The van der Waals surface area contributed by atoms with Crippen molar-refractivity contribution in [3.05, 3.63) is 11.6 Å². The maximum absolute atomic E-state index is 10.2. The molecule has 1 unspecified atom stereocenters. The zero-order valence-electron chi connectivity index (χ0n) is 7.88. The van der Waals surface area contributed by atoms with E-state index in [4.69, 9.17) is 0 Å². The monoisotopic (exact) mass is 166 g/mol. The van der Waals surface area contributed by atoms with Gasteiger partial charge in [-0.05, 0) is 38.0 Å². The topological polar surface area (TPSA) is 17.1 Å². The molecule has 0 amide bonds. The minimum Gasteiger partial charge on any atom is -0.303 e. The van der Waals surface area contributed by atoms with Crippen molar-refractivity contribution >= 4 is 6.29 Å². The Bertz CT molecular complexity index is 170. The first-order valence-corrected chi connectivity index (χ1v) is 4.94. The van der Waals surface area contributed by atoms with Crippen LogP contribution in [0.2, 0.25) is 0 Å². The van der Waals surface area contributed by atoms with Gasteiger partial charge in [0.15, 0.2) is 0 Å². The summed E-state index contributed by atoms with van der Waals surface area (Å²) in [7, 11) is 0. The molecule has 1 atom stereocenters. The molecule has 0 spiro atoms. The van der Waals surface area contributed by atoms with Crippen LogP contribution in [0.5, 0.6) is 0 Å². The lowest BCUT2D eigenvalue weighted by atomic mass is 9.91. The minimum atomic E-state index is 0.548. The Hall–Kier alpha value is -0.590. The number of carbonyl (C=O) groups excluding carboxylic acids is 1. The molecule has 68 valence electrons. The van der Waals surface area contributed by atoms with Crippen molar-refractivity contribution in [2.75, 3.05) is 0 Å². The van der Waals surface area contributed by atoms with Crippen LogP contribution in [0.1, 0.15) is 45.4 Å². The Balaban J connectivity index is 2.28. The van der Waals surface area contributed by atoms with Gasteiger partial charge < -0.3 is 4.79 Å². The SMILES string of the molecule is CC(CC=O)CC1=CCCCC1. The molecule has 0 fully saturated rings. The summed E-state index contributed by atoms with van der Waals surface area (Å²) in [6, 6.07) is 0. The summed E-state index contributed by atoms with van der Waals surface area (Å²) in [4.78, 5) is 10.2. The highest BCUT2D eigenvalue weighted by Gasteiger charge is 2.07. The predicted molar refractivity (Wildman–Crippen MR) is 51.0 cm³/mol. The van der Waals surface area contributed by atoms with Gasteiger partial charge in [-0.15, -0.1) is 0 Å². The van der Waals surface area contributed by atoms with Crippen LogP contribution in [0.25, 0.3) is 0 Å². The van der Waals surface area contributed by atoms with Crippen molar-refractivity contribution in [3.8, 4) is 0 Å². The van der Waals surface area contributed by atoms with Crippen molar-refractivity contribution in [2.45, 2.75) is 45.4 Å². The van der Waals surface area contributed by atoms with E-state index in [1.54, 1.807) is 5.57 Å². The smallest absolute Gasteiger partial charge is 0.120 e. The fraction of sp³-hybridized carbons (Fsp3) is 0.727. The number of hydrogen-bond donors (Lipinski definition) is 0. The first-order chi connectivity index (χ1) is 5.83. The second-order valence-corrected chi connectivity index (χ2v) is 3.82. The third kappa shape index (κ3) is 3.21. The molecule has 0 saturated heterocycles. The van der Waals surface area contributed by atoms with E-state index in [0.29, 0.717) is 5.92 Å². The van der Waals surface area contributed by atoms with Crippen molar-refractivity contribution in [2.24, 2.45) is 5.92 Å². The Morgan fingerprint density at radius 2 is 2.42 bits per heavy atom. The molecule has 0 aromatic carbocycles. The molecule has 0 radical (unpaired) electrons. The van der Waals surface area contributed by atoms with E-state index in [1.165, 1.54) is 25.7 Å². The third-order valence-corrected chi connectivity index (χ3v) is 2.49. The molecule has 0 heterocycles. The van der Waals surface area contributed by atoms with Crippen LogP contribution in [0.4, 0.5) is 0 Å². The molecule has 1 rings (SSSR count). The molecule has 12 heavy (non-hydrogen) atoms. The summed E-state index contributed by atoms with van der Waals surface area (Å²) in [5, 5.41) is 0. The summed E-state index contributed by atoms with van der Waals surface area (Å²) < 4.78 is 0. The summed E-state index contributed by atoms with van der Waals surface area (Å²) in [5.74, 6) is 0.548. The lowest BCUT2D eigenvalue weighted by Gasteiger charge is -2.15. The second-order valence-electron chi connectivity index (χ2n) is 3.82. The summed E-state index contributed by atoms with van der Waals surface area (Å²) >= 11 is 0. The Morgan fingerprint density at radius 1 is 1.58 bits per heavy atom. The lowest BCUT2D eigenvalue weighted by Crippen LogP contribution is -2.00. The van der Waals surface area contributed by atoms with Gasteiger partial charge in [0.05, 0.1) is 0 Å².